The van der Waals surface area contributed by atoms with E-state index in [1.54, 1.807) is 0 Å². The lowest BCUT2D eigenvalue weighted by Gasteiger charge is -2.44. The Balaban J connectivity index is 1.62. The Morgan fingerprint density at radius 1 is 1.00 bits per heavy atom. The van der Waals surface area contributed by atoms with Gasteiger partial charge in [-0.15, -0.1) is 11.8 Å². The van der Waals surface area contributed by atoms with Crippen LogP contribution >= 0.6 is 11.8 Å². The van der Waals surface area contributed by atoms with Crippen LogP contribution in [0, 0.1) is 0 Å². The maximum Gasteiger partial charge on any atom is 0.0705 e. The molecule has 0 aromatic heterocycles. The summed E-state index contributed by atoms with van der Waals surface area (Å²) in [6, 6.07) is 0. The molecular weight excluding hydrogens is 230 g/mol. The summed E-state index contributed by atoms with van der Waals surface area (Å²) in [5.74, 6) is 1.34. The van der Waals surface area contributed by atoms with Crippen molar-refractivity contribution < 1.29 is 0 Å². The minimum Gasteiger partial charge on any atom is -0.306 e. The van der Waals surface area contributed by atoms with E-state index in [0.717, 1.165) is 0 Å². The van der Waals surface area contributed by atoms with Crippen LogP contribution in [0.1, 0.15) is 25.7 Å². The van der Waals surface area contributed by atoms with Gasteiger partial charge in [0.25, 0.3) is 0 Å². The van der Waals surface area contributed by atoms with E-state index in [1.165, 1.54) is 70.8 Å². The number of likely N-dealkylation sites (tertiary alicyclic amines) is 2. The molecule has 4 heteroatoms. The van der Waals surface area contributed by atoms with Crippen molar-refractivity contribution in [3.8, 4) is 0 Å². The lowest BCUT2D eigenvalue weighted by Crippen LogP contribution is -2.52. The Morgan fingerprint density at radius 3 is 2.41 bits per heavy atom. The molecule has 3 saturated heterocycles. The molecule has 3 rings (SSSR count). The average molecular weight is 255 g/mol. The second-order valence-corrected chi connectivity index (χ2v) is 7.28. The Hall–Kier alpha value is 0.230. The fourth-order valence-electron chi connectivity index (χ4n) is 3.43. The Kier molecular flexibility index (Phi) is 3.67. The SMILES string of the molecule is CN1CCC2(CC1)SCCN2CN1CCCC1. The van der Waals surface area contributed by atoms with Gasteiger partial charge in [-0.25, -0.2) is 0 Å². The predicted octanol–water partition coefficient (Wildman–Crippen LogP) is 1.51. The molecule has 1 spiro atoms. The van der Waals surface area contributed by atoms with Gasteiger partial charge in [0.1, 0.15) is 0 Å². The fourth-order valence-corrected chi connectivity index (χ4v) is 4.93. The molecule has 0 unspecified atom stereocenters. The number of thioether (sulfide) groups is 1. The molecule has 0 N–H and O–H groups in total. The highest BCUT2D eigenvalue weighted by Crippen LogP contribution is 2.43. The molecule has 98 valence electrons. The van der Waals surface area contributed by atoms with Crippen molar-refractivity contribution in [3.63, 3.8) is 0 Å². The van der Waals surface area contributed by atoms with Crippen LogP contribution in [-0.2, 0) is 0 Å². The topological polar surface area (TPSA) is 9.72 Å². The number of hydrogen-bond donors (Lipinski definition) is 0. The minimum atomic E-state index is 0.495. The fraction of sp³-hybridized carbons (Fsp3) is 1.00. The molecule has 3 aliphatic rings. The van der Waals surface area contributed by atoms with Crippen LogP contribution in [0.3, 0.4) is 0 Å². The van der Waals surface area contributed by atoms with E-state index in [2.05, 4.69) is 33.5 Å². The zero-order valence-corrected chi connectivity index (χ0v) is 11.8. The van der Waals surface area contributed by atoms with Crippen LogP contribution < -0.4 is 0 Å². The van der Waals surface area contributed by atoms with Gasteiger partial charge in [0, 0.05) is 25.4 Å². The first-order chi connectivity index (χ1) is 8.28. The molecule has 0 saturated carbocycles. The second-order valence-electron chi connectivity index (χ2n) is 5.83. The summed E-state index contributed by atoms with van der Waals surface area (Å²) in [5.41, 5.74) is 0. The molecule has 3 nitrogen and oxygen atoms in total. The molecule has 0 aromatic carbocycles. The maximum atomic E-state index is 2.79. The smallest absolute Gasteiger partial charge is 0.0705 e. The molecular formula is C13H25N3S. The molecule has 3 fully saturated rings. The van der Waals surface area contributed by atoms with Gasteiger partial charge in [-0.2, -0.15) is 0 Å². The monoisotopic (exact) mass is 255 g/mol. The average Bonchev–Trinajstić information content (AvgIpc) is 2.95. The first kappa shape index (κ1) is 12.3. The summed E-state index contributed by atoms with van der Waals surface area (Å²) in [5, 5.41) is 0. The van der Waals surface area contributed by atoms with E-state index in [4.69, 9.17) is 0 Å². The molecule has 0 aromatic rings. The normalized spacial score (nSPS) is 31.6. The number of piperidine rings is 1. The van der Waals surface area contributed by atoms with Crippen molar-refractivity contribution in [2.75, 3.05) is 52.2 Å². The van der Waals surface area contributed by atoms with E-state index < -0.39 is 0 Å². The summed E-state index contributed by atoms with van der Waals surface area (Å²) >= 11 is 2.23. The summed E-state index contributed by atoms with van der Waals surface area (Å²) in [4.78, 5) is 8.43. The van der Waals surface area contributed by atoms with Gasteiger partial charge in [-0.3, -0.25) is 9.80 Å². The summed E-state index contributed by atoms with van der Waals surface area (Å²) in [6.45, 7) is 7.77. The zero-order chi connectivity index (χ0) is 11.7. The lowest BCUT2D eigenvalue weighted by molar-refractivity contribution is 0.0644. The van der Waals surface area contributed by atoms with Gasteiger partial charge >= 0.3 is 0 Å². The number of hydrogen-bond acceptors (Lipinski definition) is 4. The van der Waals surface area contributed by atoms with E-state index in [9.17, 15) is 0 Å². The zero-order valence-electron chi connectivity index (χ0n) is 11.0. The van der Waals surface area contributed by atoms with Crippen molar-refractivity contribution >= 4 is 11.8 Å². The third kappa shape index (κ3) is 2.50. The quantitative estimate of drug-likeness (QED) is 0.739. The van der Waals surface area contributed by atoms with Gasteiger partial charge in [0.2, 0.25) is 0 Å². The third-order valence-electron chi connectivity index (χ3n) is 4.65. The summed E-state index contributed by atoms with van der Waals surface area (Å²) in [6.07, 6.45) is 5.55. The summed E-state index contributed by atoms with van der Waals surface area (Å²) in [7, 11) is 2.26. The highest BCUT2D eigenvalue weighted by Gasteiger charge is 2.43. The number of nitrogens with zero attached hydrogens (tertiary/aromatic N) is 3. The van der Waals surface area contributed by atoms with Crippen molar-refractivity contribution in [2.45, 2.75) is 30.6 Å². The van der Waals surface area contributed by atoms with Crippen molar-refractivity contribution in [2.24, 2.45) is 0 Å². The minimum absolute atomic E-state index is 0.495. The van der Waals surface area contributed by atoms with Crippen LogP contribution in [0.15, 0.2) is 0 Å². The molecule has 17 heavy (non-hydrogen) atoms. The second kappa shape index (κ2) is 5.08. The standard InChI is InChI=1S/C13H25N3S/c1-14-8-4-13(5-9-14)16(10-11-17-13)12-15-6-2-3-7-15/h2-12H2,1H3. The van der Waals surface area contributed by atoms with Crippen molar-refractivity contribution in [3.05, 3.63) is 0 Å². The van der Waals surface area contributed by atoms with Gasteiger partial charge < -0.3 is 4.90 Å². The molecule has 0 radical (unpaired) electrons. The Labute approximate surface area is 110 Å². The van der Waals surface area contributed by atoms with Crippen LogP contribution in [0.2, 0.25) is 0 Å². The molecule has 0 atom stereocenters. The Bertz CT molecular complexity index is 257. The van der Waals surface area contributed by atoms with Crippen LogP contribution in [0.4, 0.5) is 0 Å². The molecule has 0 amide bonds. The van der Waals surface area contributed by atoms with E-state index in [-0.39, 0.29) is 0 Å². The maximum absolute atomic E-state index is 2.79. The van der Waals surface area contributed by atoms with Crippen molar-refractivity contribution in [1.82, 2.24) is 14.7 Å². The lowest BCUT2D eigenvalue weighted by atomic mass is 10.0. The van der Waals surface area contributed by atoms with Crippen LogP contribution in [-0.4, -0.2) is 71.8 Å². The largest absolute Gasteiger partial charge is 0.306 e. The molecule has 0 aliphatic carbocycles. The van der Waals surface area contributed by atoms with E-state index >= 15 is 0 Å². The first-order valence-corrected chi connectivity index (χ1v) is 8.07. The molecule has 0 bridgehead atoms. The third-order valence-corrected chi connectivity index (χ3v) is 6.24. The highest BCUT2D eigenvalue weighted by molar-refractivity contribution is 8.00. The van der Waals surface area contributed by atoms with Crippen LogP contribution in [0.5, 0.6) is 0 Å². The summed E-state index contributed by atoms with van der Waals surface area (Å²) < 4.78 is 0. The van der Waals surface area contributed by atoms with Gasteiger partial charge in [0.05, 0.1) is 11.5 Å². The first-order valence-electron chi connectivity index (χ1n) is 7.08. The molecule has 3 aliphatic heterocycles. The van der Waals surface area contributed by atoms with Gasteiger partial charge in [-0.05, 0) is 45.8 Å². The molecule has 3 heterocycles. The highest BCUT2D eigenvalue weighted by atomic mass is 32.2. The Morgan fingerprint density at radius 2 is 1.71 bits per heavy atom. The van der Waals surface area contributed by atoms with Gasteiger partial charge in [-0.1, -0.05) is 0 Å². The van der Waals surface area contributed by atoms with E-state index in [0.29, 0.717) is 4.87 Å². The number of rotatable bonds is 2. The van der Waals surface area contributed by atoms with Gasteiger partial charge in [0.15, 0.2) is 0 Å². The van der Waals surface area contributed by atoms with Crippen molar-refractivity contribution in [1.29, 1.82) is 0 Å². The van der Waals surface area contributed by atoms with E-state index in [1.807, 2.05) is 0 Å². The predicted molar refractivity (Wildman–Crippen MR) is 74.3 cm³/mol. The van der Waals surface area contributed by atoms with Crippen LogP contribution in [0.25, 0.3) is 0 Å².